The Hall–Kier alpha value is -3.39. The van der Waals surface area contributed by atoms with Gasteiger partial charge in [0.25, 0.3) is 12.0 Å². The molecule has 9 heteroatoms. The number of nitro benzene ring substituents is 1. The van der Waals surface area contributed by atoms with E-state index >= 15 is 0 Å². The van der Waals surface area contributed by atoms with E-state index in [9.17, 15) is 19.7 Å². The first-order valence-electron chi connectivity index (χ1n) is 7.34. The lowest BCUT2D eigenvalue weighted by atomic mass is 10.2. The summed E-state index contributed by atoms with van der Waals surface area (Å²) in [5.74, 6) is -1.65. The highest BCUT2D eigenvalue weighted by atomic mass is 35.5. The SMILES string of the molecule is O=C1O[C@@H](OC(=O)c2ccc([N+](=O)[O-])cc2)C(Nc2ccccc2)=C1Cl. The summed E-state index contributed by atoms with van der Waals surface area (Å²) in [5, 5.41) is 13.3. The number of nitrogens with one attached hydrogen (secondary N) is 1. The van der Waals surface area contributed by atoms with Crippen LogP contribution < -0.4 is 5.32 Å². The van der Waals surface area contributed by atoms with E-state index in [1.54, 1.807) is 24.3 Å². The fourth-order valence-corrected chi connectivity index (χ4v) is 2.36. The van der Waals surface area contributed by atoms with Gasteiger partial charge in [-0.2, -0.15) is 0 Å². The Morgan fingerprint density at radius 2 is 1.81 bits per heavy atom. The number of nitrogens with zero attached hydrogens (tertiary/aromatic N) is 1. The van der Waals surface area contributed by atoms with E-state index in [4.69, 9.17) is 21.1 Å². The van der Waals surface area contributed by atoms with Crippen LogP contribution in [0.3, 0.4) is 0 Å². The van der Waals surface area contributed by atoms with Crippen LogP contribution in [0.15, 0.2) is 65.3 Å². The van der Waals surface area contributed by atoms with Crippen molar-refractivity contribution in [1.29, 1.82) is 0 Å². The van der Waals surface area contributed by atoms with Gasteiger partial charge in [-0.05, 0) is 24.3 Å². The lowest BCUT2D eigenvalue weighted by Crippen LogP contribution is -2.24. The average molecular weight is 375 g/mol. The van der Waals surface area contributed by atoms with Crippen molar-refractivity contribution in [2.45, 2.75) is 6.29 Å². The minimum atomic E-state index is -1.35. The number of carbonyl (C=O) groups is 2. The second-order valence-corrected chi connectivity index (χ2v) is 5.54. The van der Waals surface area contributed by atoms with Gasteiger partial charge in [-0.3, -0.25) is 10.1 Å². The van der Waals surface area contributed by atoms with Crippen LogP contribution in [0, 0.1) is 10.1 Å². The summed E-state index contributed by atoms with van der Waals surface area (Å²) >= 11 is 5.93. The van der Waals surface area contributed by atoms with Crippen LogP contribution in [0.1, 0.15) is 10.4 Å². The lowest BCUT2D eigenvalue weighted by Gasteiger charge is -2.16. The molecular weight excluding hydrogens is 364 g/mol. The van der Waals surface area contributed by atoms with Crippen molar-refractivity contribution in [3.63, 3.8) is 0 Å². The van der Waals surface area contributed by atoms with Crippen molar-refractivity contribution in [3.05, 3.63) is 81.0 Å². The highest BCUT2D eigenvalue weighted by Gasteiger charge is 2.36. The Kier molecular flexibility index (Phi) is 4.85. The first kappa shape index (κ1) is 17.4. The van der Waals surface area contributed by atoms with Crippen LogP contribution in [0.2, 0.25) is 0 Å². The molecule has 3 rings (SSSR count). The van der Waals surface area contributed by atoms with E-state index < -0.39 is 23.2 Å². The summed E-state index contributed by atoms with van der Waals surface area (Å²) in [7, 11) is 0. The van der Waals surface area contributed by atoms with E-state index in [0.29, 0.717) is 5.69 Å². The minimum Gasteiger partial charge on any atom is -0.415 e. The van der Waals surface area contributed by atoms with Crippen LogP contribution >= 0.6 is 11.6 Å². The van der Waals surface area contributed by atoms with Crippen LogP contribution in [0.25, 0.3) is 0 Å². The molecule has 0 bridgehead atoms. The number of anilines is 1. The van der Waals surface area contributed by atoms with Crippen LogP contribution in [0.5, 0.6) is 0 Å². The standard InChI is InChI=1S/C17H11ClN2O6/c18-13-14(19-11-4-2-1-3-5-11)17(26-16(13)22)25-15(21)10-6-8-12(9-7-10)20(23)24/h1-9,17,19H/t17-/m1/s1. The first-order valence-corrected chi connectivity index (χ1v) is 7.71. The lowest BCUT2D eigenvalue weighted by molar-refractivity contribution is -0.384. The number of hydrogen-bond donors (Lipinski definition) is 1. The quantitative estimate of drug-likeness (QED) is 0.486. The van der Waals surface area contributed by atoms with Crippen molar-refractivity contribution < 1.29 is 24.0 Å². The number of benzene rings is 2. The van der Waals surface area contributed by atoms with Gasteiger partial charge in [0, 0.05) is 17.8 Å². The number of nitro groups is 1. The maximum absolute atomic E-state index is 12.2. The van der Waals surface area contributed by atoms with Gasteiger partial charge in [0.1, 0.15) is 5.70 Å². The number of esters is 2. The van der Waals surface area contributed by atoms with Gasteiger partial charge in [-0.15, -0.1) is 0 Å². The van der Waals surface area contributed by atoms with E-state index in [1.807, 2.05) is 6.07 Å². The van der Waals surface area contributed by atoms with Gasteiger partial charge >= 0.3 is 11.9 Å². The third-order valence-corrected chi connectivity index (χ3v) is 3.80. The zero-order valence-electron chi connectivity index (χ0n) is 13.0. The predicted molar refractivity (Wildman–Crippen MR) is 91.3 cm³/mol. The summed E-state index contributed by atoms with van der Waals surface area (Å²) in [5.41, 5.74) is 0.616. The van der Waals surface area contributed by atoms with Gasteiger partial charge in [0.2, 0.25) is 0 Å². The zero-order valence-corrected chi connectivity index (χ0v) is 13.8. The molecule has 0 aromatic heterocycles. The van der Waals surface area contributed by atoms with Gasteiger partial charge in [0.05, 0.1) is 10.5 Å². The first-order chi connectivity index (χ1) is 12.5. The molecule has 0 aliphatic carbocycles. The molecule has 1 N–H and O–H groups in total. The maximum Gasteiger partial charge on any atom is 0.355 e. The van der Waals surface area contributed by atoms with Gasteiger partial charge in [-0.25, -0.2) is 9.59 Å². The third-order valence-electron chi connectivity index (χ3n) is 3.45. The number of para-hydroxylation sites is 1. The number of hydrogen-bond acceptors (Lipinski definition) is 7. The largest absolute Gasteiger partial charge is 0.415 e. The third kappa shape index (κ3) is 3.65. The summed E-state index contributed by atoms with van der Waals surface area (Å²) in [6.45, 7) is 0. The molecule has 8 nitrogen and oxygen atoms in total. The van der Waals surface area contributed by atoms with Gasteiger partial charge in [0.15, 0.2) is 5.03 Å². The molecule has 132 valence electrons. The van der Waals surface area contributed by atoms with Gasteiger partial charge in [-0.1, -0.05) is 29.8 Å². The molecule has 1 aliphatic heterocycles. The van der Waals surface area contributed by atoms with E-state index in [0.717, 1.165) is 0 Å². The van der Waals surface area contributed by atoms with Crippen molar-refractivity contribution in [3.8, 4) is 0 Å². The fourth-order valence-electron chi connectivity index (χ4n) is 2.18. The Morgan fingerprint density at radius 1 is 1.15 bits per heavy atom. The molecule has 0 saturated heterocycles. The molecule has 1 aliphatic rings. The van der Waals surface area contributed by atoms with Crippen LogP contribution in [-0.4, -0.2) is 23.2 Å². The predicted octanol–water partition coefficient (Wildman–Crippen LogP) is 3.20. The molecule has 2 aromatic rings. The summed E-state index contributed by atoms with van der Waals surface area (Å²) in [4.78, 5) is 34.0. The Balaban J connectivity index is 1.76. The molecule has 0 amide bonds. The minimum absolute atomic E-state index is 0.0636. The second kappa shape index (κ2) is 7.24. The number of rotatable bonds is 5. The van der Waals surface area contributed by atoms with Crippen LogP contribution in [0.4, 0.5) is 11.4 Å². The molecule has 2 aromatic carbocycles. The molecule has 0 fully saturated rings. The van der Waals surface area contributed by atoms with Crippen molar-refractivity contribution in [2.75, 3.05) is 5.32 Å². The fraction of sp³-hybridized carbons (Fsp3) is 0.0588. The molecule has 0 unspecified atom stereocenters. The maximum atomic E-state index is 12.2. The van der Waals surface area contributed by atoms with Crippen molar-refractivity contribution in [2.24, 2.45) is 0 Å². The Labute approximate surface area is 152 Å². The number of cyclic esters (lactones) is 1. The highest BCUT2D eigenvalue weighted by Crippen LogP contribution is 2.28. The topological polar surface area (TPSA) is 108 Å². The number of carbonyl (C=O) groups excluding carboxylic acids is 2. The average Bonchev–Trinajstić information content (AvgIpc) is 2.90. The number of halogens is 1. The molecular formula is C17H11ClN2O6. The number of ether oxygens (including phenoxy) is 2. The molecule has 0 radical (unpaired) electrons. The summed E-state index contributed by atoms with van der Waals surface area (Å²) < 4.78 is 10.1. The Morgan fingerprint density at radius 3 is 2.42 bits per heavy atom. The molecule has 26 heavy (non-hydrogen) atoms. The number of non-ortho nitro benzene ring substituents is 1. The highest BCUT2D eigenvalue weighted by molar-refractivity contribution is 6.42. The monoisotopic (exact) mass is 374 g/mol. The normalized spacial score (nSPS) is 16.2. The Bertz CT molecular complexity index is 895. The van der Waals surface area contributed by atoms with E-state index in [1.165, 1.54) is 24.3 Å². The van der Waals surface area contributed by atoms with E-state index in [-0.39, 0.29) is 22.0 Å². The zero-order chi connectivity index (χ0) is 18.7. The van der Waals surface area contributed by atoms with Crippen LogP contribution in [-0.2, 0) is 14.3 Å². The smallest absolute Gasteiger partial charge is 0.355 e. The molecule has 0 saturated carbocycles. The molecule has 1 atom stereocenters. The molecule has 1 heterocycles. The van der Waals surface area contributed by atoms with Gasteiger partial charge < -0.3 is 14.8 Å². The van der Waals surface area contributed by atoms with E-state index in [2.05, 4.69) is 5.32 Å². The second-order valence-electron chi connectivity index (χ2n) is 5.17. The summed E-state index contributed by atoms with van der Waals surface area (Å²) in [6, 6.07) is 13.6. The molecule has 0 spiro atoms. The summed E-state index contributed by atoms with van der Waals surface area (Å²) in [6.07, 6.45) is -1.35. The van der Waals surface area contributed by atoms with Crippen molar-refractivity contribution in [1.82, 2.24) is 0 Å². The van der Waals surface area contributed by atoms with Crippen molar-refractivity contribution >= 4 is 34.9 Å².